The summed E-state index contributed by atoms with van der Waals surface area (Å²) < 4.78 is 6.47. The molecule has 30 heavy (non-hydrogen) atoms. The van der Waals surface area contributed by atoms with Gasteiger partial charge in [-0.15, -0.1) is 6.58 Å². The molecule has 1 fully saturated rings. The Morgan fingerprint density at radius 1 is 1.43 bits per heavy atom. The van der Waals surface area contributed by atoms with Crippen LogP contribution in [0.2, 0.25) is 5.02 Å². The van der Waals surface area contributed by atoms with Gasteiger partial charge in [0.1, 0.15) is 6.04 Å². The monoisotopic (exact) mass is 498 g/mol. The molecule has 0 spiro atoms. The second-order valence-electron chi connectivity index (χ2n) is 8.15. The quantitative estimate of drug-likeness (QED) is 0.353. The number of amides is 2. The lowest BCUT2D eigenvalue weighted by Crippen LogP contribution is -2.52. The first kappa shape index (κ1) is 24.9. The predicted octanol–water partition coefficient (Wildman–Crippen LogP) is 4.76. The summed E-state index contributed by atoms with van der Waals surface area (Å²) in [5, 5.41) is 3.58. The number of carbonyl (C=O) groups is 2. The molecular formula is C23H32BrClN2O3. The van der Waals surface area contributed by atoms with E-state index < -0.39 is 6.04 Å². The number of benzene rings is 1. The van der Waals surface area contributed by atoms with Gasteiger partial charge in [-0.25, -0.2) is 0 Å². The number of hydrogen-bond acceptors (Lipinski definition) is 3. The van der Waals surface area contributed by atoms with E-state index in [0.717, 1.165) is 29.3 Å². The van der Waals surface area contributed by atoms with E-state index in [1.807, 2.05) is 17.0 Å². The highest BCUT2D eigenvalue weighted by atomic mass is 79.9. The Bertz CT molecular complexity index is 741. The first-order valence-electron chi connectivity index (χ1n) is 10.5. The normalized spacial score (nSPS) is 17.2. The van der Waals surface area contributed by atoms with Gasteiger partial charge in [0.25, 0.3) is 0 Å². The SMILES string of the molecule is C=CCOC[C@H]1CCCN1C(=O)[C@H](Cc1cc(Cl)ccc1Br)NC(=O)CCC(C)C. The Balaban J connectivity index is 2.16. The number of halogens is 2. The van der Waals surface area contributed by atoms with Crippen molar-refractivity contribution in [1.29, 1.82) is 0 Å². The van der Waals surface area contributed by atoms with E-state index in [9.17, 15) is 9.59 Å². The van der Waals surface area contributed by atoms with Crippen LogP contribution in [0.1, 0.15) is 45.1 Å². The maximum absolute atomic E-state index is 13.5. The standard InChI is InChI=1S/C23H32BrClN2O3/c1-4-12-30-15-19-6-5-11-27(19)23(29)21(26-22(28)10-7-16(2)3)14-17-13-18(25)8-9-20(17)24/h4,8-9,13,16,19,21H,1,5-7,10-12,14-15H2,2-3H3,(H,26,28)/t19-,21+/m1/s1. The summed E-state index contributed by atoms with van der Waals surface area (Å²) in [5.74, 6) is 0.264. The Kier molecular flexibility index (Phi) is 10.4. The number of nitrogens with one attached hydrogen (secondary N) is 1. The molecule has 0 unspecified atom stereocenters. The fourth-order valence-corrected chi connectivity index (χ4v) is 4.20. The van der Waals surface area contributed by atoms with E-state index in [2.05, 4.69) is 41.7 Å². The molecule has 0 aromatic heterocycles. The van der Waals surface area contributed by atoms with Crippen molar-refractivity contribution < 1.29 is 14.3 Å². The van der Waals surface area contributed by atoms with Gasteiger partial charge in [0.2, 0.25) is 11.8 Å². The zero-order chi connectivity index (χ0) is 22.1. The lowest BCUT2D eigenvalue weighted by molar-refractivity contribution is -0.138. The van der Waals surface area contributed by atoms with Crippen LogP contribution >= 0.6 is 27.5 Å². The van der Waals surface area contributed by atoms with Gasteiger partial charge in [0.05, 0.1) is 19.3 Å². The summed E-state index contributed by atoms with van der Waals surface area (Å²) in [5.41, 5.74) is 0.892. The molecule has 1 aromatic carbocycles. The molecule has 5 nitrogen and oxygen atoms in total. The molecule has 1 aromatic rings. The number of nitrogens with zero attached hydrogens (tertiary/aromatic N) is 1. The molecular weight excluding hydrogens is 468 g/mol. The van der Waals surface area contributed by atoms with Crippen LogP contribution in [0.15, 0.2) is 35.3 Å². The van der Waals surface area contributed by atoms with Crippen molar-refractivity contribution in [2.75, 3.05) is 19.8 Å². The molecule has 0 aliphatic carbocycles. The molecule has 0 radical (unpaired) electrons. The lowest BCUT2D eigenvalue weighted by atomic mass is 10.0. The summed E-state index contributed by atoms with van der Waals surface area (Å²) >= 11 is 9.70. The summed E-state index contributed by atoms with van der Waals surface area (Å²) in [4.78, 5) is 27.9. The van der Waals surface area contributed by atoms with Gasteiger partial charge in [-0.2, -0.15) is 0 Å². The van der Waals surface area contributed by atoms with Gasteiger partial charge in [-0.05, 0) is 48.9 Å². The Morgan fingerprint density at radius 3 is 2.90 bits per heavy atom. The number of likely N-dealkylation sites (tertiary alicyclic amines) is 1. The largest absolute Gasteiger partial charge is 0.375 e. The van der Waals surface area contributed by atoms with Crippen LogP contribution in [0.4, 0.5) is 0 Å². The van der Waals surface area contributed by atoms with Crippen LogP contribution in [0.25, 0.3) is 0 Å². The molecule has 2 amide bonds. The summed E-state index contributed by atoms with van der Waals surface area (Å²) in [6.07, 6.45) is 5.11. The van der Waals surface area contributed by atoms with Gasteiger partial charge in [-0.3, -0.25) is 9.59 Å². The van der Waals surface area contributed by atoms with Crippen LogP contribution in [0.5, 0.6) is 0 Å². The first-order valence-corrected chi connectivity index (χ1v) is 11.7. The summed E-state index contributed by atoms with van der Waals surface area (Å²) in [6, 6.07) is 4.87. The third-order valence-corrected chi connectivity index (χ3v) is 6.23. The maximum Gasteiger partial charge on any atom is 0.245 e. The zero-order valence-electron chi connectivity index (χ0n) is 17.8. The Morgan fingerprint density at radius 2 is 2.20 bits per heavy atom. The molecule has 2 atom stereocenters. The topological polar surface area (TPSA) is 58.6 Å². The smallest absolute Gasteiger partial charge is 0.245 e. The fourth-order valence-electron chi connectivity index (χ4n) is 3.59. The molecule has 166 valence electrons. The van der Waals surface area contributed by atoms with Gasteiger partial charge < -0.3 is 15.0 Å². The number of hydrogen-bond donors (Lipinski definition) is 1. The predicted molar refractivity (Wildman–Crippen MR) is 125 cm³/mol. The third-order valence-electron chi connectivity index (χ3n) is 5.22. The third kappa shape index (κ3) is 7.71. The van der Waals surface area contributed by atoms with Gasteiger partial charge in [0.15, 0.2) is 0 Å². The minimum Gasteiger partial charge on any atom is -0.375 e. The van der Waals surface area contributed by atoms with Gasteiger partial charge in [0, 0.05) is 28.9 Å². The van der Waals surface area contributed by atoms with Crippen LogP contribution < -0.4 is 5.32 Å². The number of ether oxygens (including phenoxy) is 1. The summed E-state index contributed by atoms with van der Waals surface area (Å²) in [6.45, 7) is 9.44. The molecule has 1 aliphatic rings. The minimum atomic E-state index is -0.639. The van der Waals surface area contributed by atoms with Crippen LogP contribution in [-0.2, 0) is 20.7 Å². The highest BCUT2D eigenvalue weighted by Gasteiger charge is 2.34. The van der Waals surface area contributed by atoms with Gasteiger partial charge in [-0.1, -0.05) is 47.5 Å². The molecule has 1 heterocycles. The van der Waals surface area contributed by atoms with Crippen molar-refractivity contribution >= 4 is 39.3 Å². The molecule has 7 heteroatoms. The van der Waals surface area contributed by atoms with Crippen molar-refractivity contribution in [3.63, 3.8) is 0 Å². The maximum atomic E-state index is 13.5. The lowest BCUT2D eigenvalue weighted by Gasteiger charge is -2.29. The van der Waals surface area contributed by atoms with E-state index in [1.54, 1.807) is 12.1 Å². The highest BCUT2D eigenvalue weighted by molar-refractivity contribution is 9.10. The first-order chi connectivity index (χ1) is 14.3. The van der Waals surface area contributed by atoms with E-state index in [-0.39, 0.29) is 17.9 Å². The highest BCUT2D eigenvalue weighted by Crippen LogP contribution is 2.25. The minimum absolute atomic E-state index is 0.0234. The fraction of sp³-hybridized carbons (Fsp3) is 0.565. The molecule has 1 N–H and O–H groups in total. The van der Waals surface area contributed by atoms with Crippen molar-refractivity contribution in [1.82, 2.24) is 10.2 Å². The second kappa shape index (κ2) is 12.5. The Hall–Kier alpha value is -1.37. The van der Waals surface area contributed by atoms with Gasteiger partial charge >= 0.3 is 0 Å². The molecule has 1 saturated heterocycles. The molecule has 1 aliphatic heterocycles. The van der Waals surface area contributed by atoms with E-state index >= 15 is 0 Å². The van der Waals surface area contributed by atoms with Crippen LogP contribution in [-0.4, -0.2) is 48.6 Å². The van der Waals surface area contributed by atoms with E-state index in [0.29, 0.717) is 43.5 Å². The van der Waals surface area contributed by atoms with E-state index in [4.69, 9.17) is 16.3 Å². The molecule has 0 saturated carbocycles. The molecule has 0 bridgehead atoms. The van der Waals surface area contributed by atoms with Crippen molar-refractivity contribution in [3.05, 3.63) is 45.9 Å². The zero-order valence-corrected chi connectivity index (χ0v) is 20.2. The summed E-state index contributed by atoms with van der Waals surface area (Å²) in [7, 11) is 0. The van der Waals surface area contributed by atoms with E-state index in [1.165, 1.54) is 0 Å². The van der Waals surface area contributed by atoms with Crippen LogP contribution in [0.3, 0.4) is 0 Å². The average molecular weight is 500 g/mol. The Labute approximate surface area is 193 Å². The second-order valence-corrected chi connectivity index (χ2v) is 9.44. The van der Waals surface area contributed by atoms with Crippen molar-refractivity contribution in [2.45, 2.75) is 58.0 Å². The van der Waals surface area contributed by atoms with Crippen LogP contribution in [0, 0.1) is 5.92 Å². The number of carbonyl (C=O) groups excluding carboxylic acids is 2. The average Bonchev–Trinajstić information content (AvgIpc) is 3.16. The van der Waals surface area contributed by atoms with Crippen molar-refractivity contribution in [2.24, 2.45) is 5.92 Å². The van der Waals surface area contributed by atoms with Crippen molar-refractivity contribution in [3.8, 4) is 0 Å². The number of rotatable bonds is 11. The molecule has 2 rings (SSSR count).